The average molecular weight is 568 g/mol. The van der Waals surface area contributed by atoms with Crippen LogP contribution in [-0.2, 0) is 0 Å². The molecular formula is C30H35F2N5O2S. The summed E-state index contributed by atoms with van der Waals surface area (Å²) in [5.74, 6) is 0.0487. The molecule has 40 heavy (non-hydrogen) atoms. The molecule has 0 bridgehead atoms. The SMILES string of the molecule is CCOc1cc2c(cc1C(=O)NCCCN1CCC(F)CC1)sc1nc(-c3ccc(C4CCCN4)cc3F)cn12. The van der Waals surface area contributed by atoms with Gasteiger partial charge in [-0.25, -0.2) is 13.8 Å². The van der Waals surface area contributed by atoms with Gasteiger partial charge in [0.05, 0.1) is 28.1 Å². The summed E-state index contributed by atoms with van der Waals surface area (Å²) in [6.45, 7) is 6.21. The third-order valence-electron chi connectivity index (χ3n) is 7.93. The average Bonchev–Trinajstić information content (AvgIpc) is 3.69. The highest BCUT2D eigenvalue weighted by Gasteiger charge is 2.22. The fourth-order valence-corrected chi connectivity index (χ4v) is 6.79. The van der Waals surface area contributed by atoms with E-state index in [4.69, 9.17) is 9.72 Å². The van der Waals surface area contributed by atoms with Crippen molar-refractivity contribution in [3.63, 3.8) is 0 Å². The Morgan fingerprint density at radius 1 is 1.23 bits per heavy atom. The third kappa shape index (κ3) is 5.57. The molecule has 7 nitrogen and oxygen atoms in total. The summed E-state index contributed by atoms with van der Waals surface area (Å²) in [7, 11) is 0. The van der Waals surface area contributed by atoms with Crippen LogP contribution in [0.4, 0.5) is 8.78 Å². The Labute approximate surface area is 236 Å². The van der Waals surface area contributed by atoms with Gasteiger partial charge in [0.25, 0.3) is 5.91 Å². The molecule has 1 unspecified atom stereocenters. The maximum absolute atomic E-state index is 15.1. The molecule has 0 spiro atoms. The second-order valence-corrected chi connectivity index (χ2v) is 11.7. The standard InChI is InChI=1S/C30H35F2N5O2S/c1-2-39-27-17-26-28(16-22(27)29(38)34-11-4-12-36-13-8-20(31)9-14-36)40-30-35-25(18-37(26)30)21-7-6-19(15-23(21)32)24-5-3-10-33-24/h6-7,15-18,20,24,33H,2-5,8-14H2,1H3,(H,34,38). The van der Waals surface area contributed by atoms with E-state index in [0.717, 1.165) is 66.2 Å². The molecule has 2 aromatic heterocycles. The molecule has 0 radical (unpaired) electrons. The van der Waals surface area contributed by atoms with Crippen molar-refractivity contribution in [3.8, 4) is 17.0 Å². The van der Waals surface area contributed by atoms with E-state index >= 15 is 4.39 Å². The van der Waals surface area contributed by atoms with E-state index in [9.17, 15) is 9.18 Å². The van der Waals surface area contributed by atoms with Gasteiger partial charge in [0.2, 0.25) is 0 Å². The van der Waals surface area contributed by atoms with Crippen LogP contribution in [0.1, 0.15) is 61.0 Å². The minimum absolute atomic E-state index is 0.182. The second-order valence-electron chi connectivity index (χ2n) is 10.6. The number of halogens is 2. The number of carbonyl (C=O) groups is 1. The molecule has 2 aliphatic heterocycles. The van der Waals surface area contributed by atoms with E-state index in [0.29, 0.717) is 48.6 Å². The minimum Gasteiger partial charge on any atom is -0.493 e. The summed E-state index contributed by atoms with van der Waals surface area (Å²) in [5.41, 5.74) is 3.37. The Morgan fingerprint density at radius 2 is 2.08 bits per heavy atom. The lowest BCUT2D eigenvalue weighted by Crippen LogP contribution is -2.36. The van der Waals surface area contributed by atoms with Gasteiger partial charge < -0.3 is 20.3 Å². The van der Waals surface area contributed by atoms with Gasteiger partial charge >= 0.3 is 0 Å². The number of thiazole rings is 1. The van der Waals surface area contributed by atoms with Crippen LogP contribution in [0.3, 0.4) is 0 Å². The summed E-state index contributed by atoms with van der Waals surface area (Å²) < 4.78 is 37.2. The van der Waals surface area contributed by atoms with Gasteiger partial charge in [0, 0.05) is 43.5 Å². The third-order valence-corrected chi connectivity index (χ3v) is 8.94. The number of piperidine rings is 1. The second kappa shape index (κ2) is 11.8. The molecule has 10 heteroatoms. The molecular weight excluding hydrogens is 532 g/mol. The van der Waals surface area contributed by atoms with E-state index in [1.165, 1.54) is 11.3 Å². The monoisotopic (exact) mass is 567 g/mol. The minimum atomic E-state index is -0.679. The van der Waals surface area contributed by atoms with Gasteiger partial charge in [-0.1, -0.05) is 17.4 Å². The molecule has 2 aliphatic rings. The van der Waals surface area contributed by atoms with Crippen LogP contribution >= 0.6 is 11.3 Å². The van der Waals surface area contributed by atoms with E-state index in [1.807, 2.05) is 41.8 Å². The van der Waals surface area contributed by atoms with Crippen LogP contribution in [-0.4, -0.2) is 65.7 Å². The van der Waals surface area contributed by atoms with E-state index in [2.05, 4.69) is 15.5 Å². The molecule has 0 saturated carbocycles. The highest BCUT2D eigenvalue weighted by atomic mass is 32.1. The molecule has 1 atom stereocenters. The Morgan fingerprint density at radius 3 is 2.83 bits per heavy atom. The number of ether oxygens (including phenoxy) is 1. The summed E-state index contributed by atoms with van der Waals surface area (Å²) in [6.07, 6.45) is 5.28. The zero-order chi connectivity index (χ0) is 27.6. The van der Waals surface area contributed by atoms with Gasteiger partial charge in [0.1, 0.15) is 17.7 Å². The molecule has 0 aliphatic carbocycles. The van der Waals surface area contributed by atoms with Crippen LogP contribution in [0, 0.1) is 5.82 Å². The van der Waals surface area contributed by atoms with E-state index in [1.54, 1.807) is 6.07 Å². The number of fused-ring (bicyclic) bond motifs is 3. The number of amides is 1. The number of rotatable bonds is 9. The van der Waals surface area contributed by atoms with Crippen LogP contribution in [0.2, 0.25) is 0 Å². The van der Waals surface area contributed by atoms with Gasteiger partial charge in [-0.3, -0.25) is 9.20 Å². The molecule has 6 rings (SSSR count). The van der Waals surface area contributed by atoms with Gasteiger partial charge in [-0.05, 0) is 75.9 Å². The highest BCUT2D eigenvalue weighted by molar-refractivity contribution is 7.23. The molecule has 212 valence electrons. The zero-order valence-corrected chi connectivity index (χ0v) is 23.5. The van der Waals surface area contributed by atoms with Crippen molar-refractivity contribution in [2.24, 2.45) is 0 Å². The first kappa shape index (κ1) is 27.1. The van der Waals surface area contributed by atoms with Crippen molar-refractivity contribution in [1.82, 2.24) is 24.9 Å². The van der Waals surface area contributed by atoms with Crippen molar-refractivity contribution < 1.29 is 18.3 Å². The van der Waals surface area contributed by atoms with Crippen molar-refractivity contribution in [2.75, 3.05) is 39.3 Å². The topological polar surface area (TPSA) is 70.9 Å². The Kier molecular flexibility index (Phi) is 8.00. The first-order valence-corrected chi connectivity index (χ1v) is 15.1. The molecule has 2 saturated heterocycles. The van der Waals surface area contributed by atoms with Crippen LogP contribution in [0.25, 0.3) is 26.4 Å². The van der Waals surface area contributed by atoms with Crippen molar-refractivity contribution in [2.45, 2.75) is 51.2 Å². The molecule has 1 amide bonds. The number of nitrogens with zero attached hydrogens (tertiary/aromatic N) is 3. The van der Waals surface area contributed by atoms with Crippen molar-refractivity contribution in [1.29, 1.82) is 0 Å². The quantitative estimate of drug-likeness (QED) is 0.253. The summed E-state index contributed by atoms with van der Waals surface area (Å²) in [6, 6.07) is 9.35. The predicted octanol–water partition coefficient (Wildman–Crippen LogP) is 5.73. The van der Waals surface area contributed by atoms with Crippen LogP contribution in [0.5, 0.6) is 5.75 Å². The maximum Gasteiger partial charge on any atom is 0.255 e. The van der Waals surface area contributed by atoms with Crippen molar-refractivity contribution in [3.05, 3.63) is 53.5 Å². The lowest BCUT2D eigenvalue weighted by molar-refractivity contribution is 0.0946. The van der Waals surface area contributed by atoms with Gasteiger partial charge in [-0.15, -0.1) is 0 Å². The highest BCUT2D eigenvalue weighted by Crippen LogP contribution is 2.35. The van der Waals surface area contributed by atoms with E-state index in [-0.39, 0.29) is 17.8 Å². The Bertz CT molecular complexity index is 1510. The van der Waals surface area contributed by atoms with Gasteiger partial charge in [0.15, 0.2) is 4.96 Å². The van der Waals surface area contributed by atoms with Crippen LogP contribution < -0.4 is 15.4 Å². The number of likely N-dealkylation sites (tertiary alicyclic amines) is 1. The van der Waals surface area contributed by atoms with Gasteiger partial charge in [-0.2, -0.15) is 0 Å². The number of alkyl halides is 1. The summed E-state index contributed by atoms with van der Waals surface area (Å²) >= 11 is 1.46. The molecule has 2 N–H and O–H groups in total. The maximum atomic E-state index is 15.1. The number of benzene rings is 2. The summed E-state index contributed by atoms with van der Waals surface area (Å²) in [4.78, 5) is 20.8. The largest absolute Gasteiger partial charge is 0.493 e. The number of aromatic nitrogens is 2. The number of carbonyl (C=O) groups excluding carboxylic acids is 1. The molecule has 4 aromatic rings. The Hall–Kier alpha value is -3.08. The normalized spacial score (nSPS) is 18.6. The fraction of sp³-hybridized carbons (Fsp3) is 0.467. The van der Waals surface area contributed by atoms with E-state index < -0.39 is 6.17 Å². The summed E-state index contributed by atoms with van der Waals surface area (Å²) in [5, 5.41) is 6.43. The fourth-order valence-electron chi connectivity index (χ4n) is 5.76. The first-order chi connectivity index (χ1) is 19.5. The Balaban J connectivity index is 1.19. The lowest BCUT2D eigenvalue weighted by Gasteiger charge is -2.28. The molecule has 4 heterocycles. The number of hydrogen-bond acceptors (Lipinski definition) is 6. The van der Waals surface area contributed by atoms with Crippen molar-refractivity contribution >= 4 is 32.4 Å². The predicted molar refractivity (Wildman–Crippen MR) is 155 cm³/mol. The lowest BCUT2D eigenvalue weighted by atomic mass is 10.0. The smallest absolute Gasteiger partial charge is 0.255 e. The zero-order valence-electron chi connectivity index (χ0n) is 22.7. The van der Waals surface area contributed by atoms with Crippen LogP contribution in [0.15, 0.2) is 36.5 Å². The molecule has 2 fully saturated rings. The number of imidazole rings is 1. The first-order valence-electron chi connectivity index (χ1n) is 14.3. The number of nitrogens with one attached hydrogen (secondary N) is 2. The molecule has 2 aromatic carbocycles. The number of hydrogen-bond donors (Lipinski definition) is 2.